The normalized spacial score (nSPS) is 10.7. The molecule has 0 fully saturated rings. The molecule has 0 spiro atoms. The predicted octanol–water partition coefficient (Wildman–Crippen LogP) is 1.25. The van der Waals surface area contributed by atoms with Crippen molar-refractivity contribution in [2.75, 3.05) is 6.54 Å². The molecule has 1 amide bonds. The molecular formula is C14H18ClN5O3. The molecule has 0 saturated carbocycles. The number of carbonyl (C=O) groups is 2. The van der Waals surface area contributed by atoms with Gasteiger partial charge in [0.1, 0.15) is 0 Å². The molecule has 9 heteroatoms. The van der Waals surface area contributed by atoms with Crippen LogP contribution in [0.25, 0.3) is 0 Å². The van der Waals surface area contributed by atoms with Gasteiger partial charge in [-0.05, 0) is 13.8 Å². The Kier molecular flexibility index (Phi) is 5.38. The summed E-state index contributed by atoms with van der Waals surface area (Å²) in [7, 11) is 0. The molecule has 0 atom stereocenters. The lowest BCUT2D eigenvalue weighted by Gasteiger charge is -2.07. The Bertz CT molecular complexity index is 722. The highest BCUT2D eigenvalue weighted by molar-refractivity contribution is 6.31. The van der Waals surface area contributed by atoms with Crippen LogP contribution in [0.2, 0.25) is 5.02 Å². The largest absolute Gasteiger partial charge is 0.478 e. The van der Waals surface area contributed by atoms with Crippen LogP contribution in [0, 0.1) is 13.8 Å². The Hall–Kier alpha value is -2.35. The monoisotopic (exact) mass is 339 g/mol. The van der Waals surface area contributed by atoms with Crippen LogP contribution in [0.3, 0.4) is 0 Å². The zero-order chi connectivity index (χ0) is 17.0. The average molecular weight is 340 g/mol. The van der Waals surface area contributed by atoms with Crippen LogP contribution >= 0.6 is 11.6 Å². The summed E-state index contributed by atoms with van der Waals surface area (Å²) in [4.78, 5) is 22.5. The zero-order valence-corrected chi connectivity index (χ0v) is 13.7. The second kappa shape index (κ2) is 7.28. The van der Waals surface area contributed by atoms with E-state index in [4.69, 9.17) is 16.7 Å². The number of nitrogens with zero attached hydrogens (tertiary/aromatic N) is 4. The van der Waals surface area contributed by atoms with Crippen LogP contribution in [0.1, 0.15) is 28.2 Å². The summed E-state index contributed by atoms with van der Waals surface area (Å²) in [5.41, 5.74) is 1.74. The smallest absolute Gasteiger partial charge is 0.338 e. The van der Waals surface area contributed by atoms with Gasteiger partial charge < -0.3 is 10.4 Å². The lowest BCUT2D eigenvalue weighted by molar-refractivity contribution is -0.121. The van der Waals surface area contributed by atoms with Crippen molar-refractivity contribution < 1.29 is 14.7 Å². The number of carboxylic acids is 1. The van der Waals surface area contributed by atoms with Gasteiger partial charge in [-0.2, -0.15) is 10.2 Å². The summed E-state index contributed by atoms with van der Waals surface area (Å²) >= 11 is 6.06. The number of halogens is 1. The van der Waals surface area contributed by atoms with Gasteiger partial charge in [0, 0.05) is 25.7 Å². The number of aromatic carboxylic acids is 1. The van der Waals surface area contributed by atoms with E-state index < -0.39 is 5.97 Å². The van der Waals surface area contributed by atoms with E-state index >= 15 is 0 Å². The first-order chi connectivity index (χ1) is 10.9. The van der Waals surface area contributed by atoms with Crippen LogP contribution in [-0.2, 0) is 17.9 Å². The van der Waals surface area contributed by atoms with Gasteiger partial charge in [0.05, 0.1) is 34.7 Å². The molecule has 2 aromatic heterocycles. The molecule has 0 aromatic carbocycles. The molecule has 0 aliphatic heterocycles. The van der Waals surface area contributed by atoms with Crippen molar-refractivity contribution in [3.8, 4) is 0 Å². The molecular weight excluding hydrogens is 322 g/mol. The number of amides is 1. The van der Waals surface area contributed by atoms with Crippen LogP contribution in [-0.4, -0.2) is 43.1 Å². The van der Waals surface area contributed by atoms with Gasteiger partial charge in [-0.3, -0.25) is 14.2 Å². The SMILES string of the molecule is Cc1nn(CCNC(=O)CCn2cc(C(=O)O)cn2)c(C)c1Cl. The van der Waals surface area contributed by atoms with Crippen molar-refractivity contribution >= 4 is 23.5 Å². The maximum atomic E-state index is 11.8. The van der Waals surface area contributed by atoms with Gasteiger partial charge in [0.15, 0.2) is 0 Å². The number of hydrogen-bond acceptors (Lipinski definition) is 4. The van der Waals surface area contributed by atoms with Crippen LogP contribution in [0.5, 0.6) is 0 Å². The second-order valence-electron chi connectivity index (χ2n) is 5.11. The summed E-state index contributed by atoms with van der Waals surface area (Å²) in [5.74, 6) is -1.17. The summed E-state index contributed by atoms with van der Waals surface area (Å²) in [6.07, 6.45) is 2.87. The van der Waals surface area contributed by atoms with Crippen molar-refractivity contribution in [2.24, 2.45) is 0 Å². The first-order valence-electron chi connectivity index (χ1n) is 7.10. The molecule has 0 radical (unpaired) electrons. The number of aryl methyl sites for hydroxylation is 2. The molecule has 0 bridgehead atoms. The van der Waals surface area contributed by atoms with E-state index in [9.17, 15) is 9.59 Å². The predicted molar refractivity (Wildman–Crippen MR) is 83.5 cm³/mol. The maximum absolute atomic E-state index is 11.8. The van der Waals surface area contributed by atoms with E-state index in [0.717, 1.165) is 11.4 Å². The Morgan fingerprint density at radius 3 is 2.65 bits per heavy atom. The third-order valence-electron chi connectivity index (χ3n) is 3.39. The van der Waals surface area contributed by atoms with Gasteiger partial charge in [-0.1, -0.05) is 11.6 Å². The average Bonchev–Trinajstić information content (AvgIpc) is 3.07. The lowest BCUT2D eigenvalue weighted by atomic mass is 10.3. The molecule has 0 aliphatic carbocycles. The Balaban J connectivity index is 1.74. The van der Waals surface area contributed by atoms with Gasteiger partial charge in [0.25, 0.3) is 0 Å². The van der Waals surface area contributed by atoms with Gasteiger partial charge >= 0.3 is 5.97 Å². The summed E-state index contributed by atoms with van der Waals surface area (Å²) in [6.45, 7) is 5.01. The molecule has 124 valence electrons. The fourth-order valence-corrected chi connectivity index (χ4v) is 2.23. The number of aromatic nitrogens is 4. The molecule has 2 heterocycles. The molecule has 2 rings (SSSR count). The molecule has 8 nitrogen and oxygen atoms in total. The van der Waals surface area contributed by atoms with Crippen molar-refractivity contribution in [3.63, 3.8) is 0 Å². The number of nitrogens with one attached hydrogen (secondary N) is 1. The fraction of sp³-hybridized carbons (Fsp3) is 0.429. The molecule has 2 aromatic rings. The van der Waals surface area contributed by atoms with E-state index in [2.05, 4.69) is 15.5 Å². The zero-order valence-electron chi connectivity index (χ0n) is 12.9. The van der Waals surface area contributed by atoms with Crippen LogP contribution in [0.4, 0.5) is 0 Å². The number of hydrogen-bond donors (Lipinski definition) is 2. The maximum Gasteiger partial charge on any atom is 0.338 e. The summed E-state index contributed by atoms with van der Waals surface area (Å²) in [5, 5.41) is 20.4. The van der Waals surface area contributed by atoms with Crippen LogP contribution in [0.15, 0.2) is 12.4 Å². The highest BCUT2D eigenvalue weighted by Gasteiger charge is 2.10. The van der Waals surface area contributed by atoms with Gasteiger partial charge in [0.2, 0.25) is 5.91 Å². The Labute approximate surface area is 138 Å². The topological polar surface area (TPSA) is 102 Å². The fourth-order valence-electron chi connectivity index (χ4n) is 2.09. The second-order valence-corrected chi connectivity index (χ2v) is 5.48. The van der Waals surface area contributed by atoms with Crippen molar-refractivity contribution in [1.82, 2.24) is 24.9 Å². The minimum atomic E-state index is -1.04. The molecule has 0 aliphatic rings. The molecule has 2 N–H and O–H groups in total. The van der Waals surface area contributed by atoms with E-state index in [0.29, 0.717) is 24.7 Å². The van der Waals surface area contributed by atoms with E-state index in [-0.39, 0.29) is 17.9 Å². The van der Waals surface area contributed by atoms with Crippen molar-refractivity contribution in [2.45, 2.75) is 33.4 Å². The highest BCUT2D eigenvalue weighted by atomic mass is 35.5. The number of carbonyl (C=O) groups excluding carboxylic acids is 1. The third-order valence-corrected chi connectivity index (χ3v) is 3.93. The first-order valence-corrected chi connectivity index (χ1v) is 7.48. The minimum Gasteiger partial charge on any atom is -0.478 e. The van der Waals surface area contributed by atoms with Crippen molar-refractivity contribution in [3.05, 3.63) is 34.4 Å². The van der Waals surface area contributed by atoms with E-state index in [1.54, 1.807) is 4.68 Å². The van der Waals surface area contributed by atoms with Gasteiger partial charge in [-0.25, -0.2) is 4.79 Å². The summed E-state index contributed by atoms with van der Waals surface area (Å²) in [6, 6.07) is 0. The standard InChI is InChI=1S/C14H18ClN5O3/c1-9-13(15)10(2)20(18-9)6-4-16-12(21)3-5-19-8-11(7-17-19)14(22)23/h7-8H,3-6H2,1-2H3,(H,16,21)(H,22,23). The molecule has 0 saturated heterocycles. The Morgan fingerprint density at radius 1 is 1.35 bits per heavy atom. The minimum absolute atomic E-state index is 0.104. The quantitative estimate of drug-likeness (QED) is 0.790. The number of rotatable bonds is 7. The lowest BCUT2D eigenvalue weighted by Crippen LogP contribution is -2.28. The summed E-state index contributed by atoms with van der Waals surface area (Å²) < 4.78 is 3.19. The van der Waals surface area contributed by atoms with Gasteiger partial charge in [-0.15, -0.1) is 0 Å². The highest BCUT2D eigenvalue weighted by Crippen LogP contribution is 2.18. The Morgan fingerprint density at radius 2 is 2.09 bits per heavy atom. The molecule has 23 heavy (non-hydrogen) atoms. The third kappa shape index (κ3) is 4.32. The first kappa shape index (κ1) is 17.0. The van der Waals surface area contributed by atoms with Crippen LogP contribution < -0.4 is 5.32 Å². The molecule has 0 unspecified atom stereocenters. The van der Waals surface area contributed by atoms with Crippen molar-refractivity contribution in [1.29, 1.82) is 0 Å². The number of carboxylic acid groups (broad SMARTS) is 1. The van der Waals surface area contributed by atoms with E-state index in [1.807, 2.05) is 13.8 Å². The van der Waals surface area contributed by atoms with E-state index in [1.165, 1.54) is 17.1 Å².